The van der Waals surface area contributed by atoms with Gasteiger partial charge in [0.2, 0.25) is 0 Å². The molecule has 0 aromatic rings. The van der Waals surface area contributed by atoms with Crippen molar-refractivity contribution in [3.8, 4) is 0 Å². The van der Waals surface area contributed by atoms with E-state index in [4.69, 9.17) is 0 Å². The second kappa shape index (κ2) is 2.15. The molecule has 2 nitrogen and oxygen atoms in total. The fourth-order valence-corrected chi connectivity index (χ4v) is 0.587. The van der Waals surface area contributed by atoms with Crippen LogP contribution in [0.3, 0.4) is 0 Å². The van der Waals surface area contributed by atoms with E-state index in [9.17, 15) is 5.11 Å². The molecule has 0 spiro atoms. The molecule has 0 radical (unpaired) electrons. The second-order valence-electron chi connectivity index (χ2n) is 2.20. The van der Waals surface area contributed by atoms with Crippen molar-refractivity contribution in [3.63, 3.8) is 0 Å². The Hall–Kier alpha value is -0.890. The van der Waals surface area contributed by atoms with Crippen molar-refractivity contribution < 1.29 is 5.11 Å². The van der Waals surface area contributed by atoms with Crippen LogP contribution in [-0.2, 0) is 0 Å². The summed E-state index contributed by atoms with van der Waals surface area (Å²) in [7, 11) is 0. The first-order valence-electron chi connectivity index (χ1n) is 2.82. The smallest absolute Gasteiger partial charge is 0.100 e. The lowest BCUT2D eigenvalue weighted by Gasteiger charge is -2.10. The molecular weight excluding hydrogens is 114 g/mol. The Morgan fingerprint density at radius 1 is 1.44 bits per heavy atom. The van der Waals surface area contributed by atoms with Crippen LogP contribution in [0.4, 0.5) is 0 Å². The van der Waals surface area contributed by atoms with Gasteiger partial charge in [0, 0.05) is 12.4 Å². The summed E-state index contributed by atoms with van der Waals surface area (Å²) in [6, 6.07) is 0. The Labute approximate surface area is 54.2 Å². The van der Waals surface area contributed by atoms with Gasteiger partial charge < -0.3 is 5.11 Å². The van der Waals surface area contributed by atoms with Gasteiger partial charge in [-0.2, -0.15) is 0 Å². The molecule has 2 heteroatoms. The summed E-state index contributed by atoms with van der Waals surface area (Å²) in [5, 5.41) is 9.30. The fraction of sp³-hybridized carbons (Fsp3) is 0.286. The van der Waals surface area contributed by atoms with Gasteiger partial charge in [-0.1, -0.05) is 0 Å². The van der Waals surface area contributed by atoms with Crippen LogP contribution in [-0.4, -0.2) is 16.9 Å². The monoisotopic (exact) mass is 123 g/mol. The van der Waals surface area contributed by atoms with Crippen LogP contribution in [0.15, 0.2) is 29.4 Å². The van der Waals surface area contributed by atoms with Gasteiger partial charge in [0.05, 0.1) is 0 Å². The van der Waals surface area contributed by atoms with Crippen molar-refractivity contribution >= 4 is 6.21 Å². The lowest BCUT2D eigenvalue weighted by molar-refractivity contribution is 0.164. The number of hydrogen-bond donors (Lipinski definition) is 1. The maximum atomic E-state index is 9.30. The minimum Gasteiger partial charge on any atom is -0.382 e. The highest BCUT2D eigenvalue weighted by Crippen LogP contribution is 2.08. The van der Waals surface area contributed by atoms with E-state index in [2.05, 4.69) is 4.99 Å². The fourth-order valence-electron chi connectivity index (χ4n) is 0.587. The van der Waals surface area contributed by atoms with Crippen LogP contribution in [0, 0.1) is 0 Å². The van der Waals surface area contributed by atoms with Crippen LogP contribution in [0.2, 0.25) is 0 Å². The first-order chi connectivity index (χ1) is 4.21. The molecule has 0 fully saturated rings. The summed E-state index contributed by atoms with van der Waals surface area (Å²) in [6.07, 6.45) is 8.25. The standard InChI is InChI=1S/C7H9NO/c1-7(9)3-2-5-8-6-4-7/h2-6,9H,1H3. The molecule has 0 aromatic carbocycles. The van der Waals surface area contributed by atoms with Crippen LogP contribution >= 0.6 is 0 Å². The van der Waals surface area contributed by atoms with E-state index >= 15 is 0 Å². The molecule has 0 saturated carbocycles. The van der Waals surface area contributed by atoms with E-state index in [0.717, 1.165) is 0 Å². The molecule has 0 saturated heterocycles. The molecule has 0 bridgehead atoms. The number of aliphatic hydroxyl groups is 1. The summed E-state index contributed by atoms with van der Waals surface area (Å²) in [5.41, 5.74) is -0.823. The quantitative estimate of drug-likeness (QED) is 0.509. The van der Waals surface area contributed by atoms with Gasteiger partial charge >= 0.3 is 0 Å². The van der Waals surface area contributed by atoms with Crippen molar-refractivity contribution in [2.45, 2.75) is 12.5 Å². The third-order valence-electron chi connectivity index (χ3n) is 1.10. The van der Waals surface area contributed by atoms with Crippen LogP contribution < -0.4 is 0 Å². The molecule has 0 amide bonds. The molecule has 1 unspecified atom stereocenters. The lowest BCUT2D eigenvalue weighted by Crippen LogP contribution is -2.15. The van der Waals surface area contributed by atoms with E-state index in [1.807, 2.05) is 0 Å². The molecule has 1 aliphatic heterocycles. The first kappa shape index (κ1) is 6.23. The number of allylic oxidation sites excluding steroid dienone is 1. The predicted octanol–water partition coefficient (Wildman–Crippen LogP) is 0.892. The minimum atomic E-state index is -0.823. The molecule has 1 N–H and O–H groups in total. The van der Waals surface area contributed by atoms with Crippen molar-refractivity contribution in [2.75, 3.05) is 0 Å². The summed E-state index contributed by atoms with van der Waals surface area (Å²) >= 11 is 0. The predicted molar refractivity (Wildman–Crippen MR) is 37.4 cm³/mol. The highest BCUT2D eigenvalue weighted by molar-refractivity contribution is 5.72. The van der Waals surface area contributed by atoms with E-state index in [1.165, 1.54) is 0 Å². The molecule has 1 heterocycles. The molecule has 0 aliphatic carbocycles. The Morgan fingerprint density at radius 3 is 3.00 bits per heavy atom. The Morgan fingerprint density at radius 2 is 2.22 bits per heavy atom. The first-order valence-corrected chi connectivity index (χ1v) is 2.82. The highest BCUT2D eigenvalue weighted by atomic mass is 16.3. The van der Waals surface area contributed by atoms with Gasteiger partial charge in [-0.05, 0) is 25.2 Å². The lowest BCUT2D eigenvalue weighted by atomic mass is 10.1. The number of rotatable bonds is 0. The Bertz CT molecular complexity index is 159. The van der Waals surface area contributed by atoms with E-state index in [0.29, 0.717) is 0 Å². The van der Waals surface area contributed by atoms with Crippen LogP contribution in [0.1, 0.15) is 6.92 Å². The van der Waals surface area contributed by atoms with Gasteiger partial charge in [-0.25, -0.2) is 0 Å². The third kappa shape index (κ3) is 1.82. The minimum absolute atomic E-state index is 0.823. The van der Waals surface area contributed by atoms with Crippen LogP contribution in [0.5, 0.6) is 0 Å². The van der Waals surface area contributed by atoms with Gasteiger partial charge in [-0.3, -0.25) is 4.99 Å². The van der Waals surface area contributed by atoms with Gasteiger partial charge in [0.25, 0.3) is 0 Å². The molecular formula is C7H9NO. The summed E-state index contributed by atoms with van der Waals surface area (Å²) in [5.74, 6) is 0. The number of hydrogen-bond acceptors (Lipinski definition) is 2. The molecule has 48 valence electrons. The number of aliphatic imine (C=N–C) groups is 1. The Kier molecular flexibility index (Phi) is 1.49. The SMILES string of the molecule is CC1(O)C=CC=NC=C1. The molecule has 1 aliphatic rings. The second-order valence-corrected chi connectivity index (χ2v) is 2.20. The zero-order valence-electron chi connectivity index (χ0n) is 5.28. The van der Waals surface area contributed by atoms with Crippen molar-refractivity contribution in [1.29, 1.82) is 0 Å². The number of nitrogens with zero attached hydrogens (tertiary/aromatic N) is 1. The van der Waals surface area contributed by atoms with Gasteiger partial charge in [0.15, 0.2) is 0 Å². The average molecular weight is 123 g/mol. The average Bonchev–Trinajstić information content (AvgIpc) is 1.92. The molecule has 9 heavy (non-hydrogen) atoms. The van der Waals surface area contributed by atoms with Gasteiger partial charge in [-0.15, -0.1) is 0 Å². The maximum Gasteiger partial charge on any atom is 0.100 e. The van der Waals surface area contributed by atoms with Crippen molar-refractivity contribution in [1.82, 2.24) is 0 Å². The zero-order chi connectivity index (χ0) is 6.74. The topological polar surface area (TPSA) is 32.6 Å². The molecule has 1 atom stereocenters. The maximum absolute atomic E-state index is 9.30. The third-order valence-corrected chi connectivity index (χ3v) is 1.10. The van der Waals surface area contributed by atoms with Gasteiger partial charge in [0.1, 0.15) is 5.60 Å². The summed E-state index contributed by atoms with van der Waals surface area (Å²) in [4.78, 5) is 3.81. The van der Waals surface area contributed by atoms with Crippen LogP contribution in [0.25, 0.3) is 0 Å². The largest absolute Gasteiger partial charge is 0.382 e. The van der Waals surface area contributed by atoms with E-state index in [1.54, 1.807) is 37.6 Å². The zero-order valence-corrected chi connectivity index (χ0v) is 5.28. The highest BCUT2D eigenvalue weighted by Gasteiger charge is 2.10. The normalized spacial score (nSPS) is 32.7. The van der Waals surface area contributed by atoms with E-state index in [-0.39, 0.29) is 0 Å². The molecule has 1 rings (SSSR count). The van der Waals surface area contributed by atoms with E-state index < -0.39 is 5.60 Å². The van der Waals surface area contributed by atoms with Crippen molar-refractivity contribution in [2.24, 2.45) is 4.99 Å². The summed E-state index contributed by atoms with van der Waals surface area (Å²) in [6.45, 7) is 1.70. The Balaban J connectivity index is 2.82. The van der Waals surface area contributed by atoms with Crippen molar-refractivity contribution in [3.05, 3.63) is 24.4 Å². The molecule has 0 aromatic heterocycles. The summed E-state index contributed by atoms with van der Waals surface area (Å²) < 4.78 is 0.